The normalized spacial score (nSPS) is 17.6. The van der Waals surface area contributed by atoms with Crippen LogP contribution in [-0.4, -0.2) is 43.1 Å². The first kappa shape index (κ1) is 16.3. The van der Waals surface area contributed by atoms with Gasteiger partial charge in [-0.1, -0.05) is 0 Å². The number of amides is 1. The second kappa shape index (κ2) is 5.58. The Balaban J connectivity index is 2.06. The molecule has 8 heteroatoms. The molecule has 8 nitrogen and oxygen atoms in total. The average Bonchev–Trinajstić information content (AvgIpc) is 3.08. The largest absolute Gasteiger partial charge is 0.479 e. The third-order valence-corrected chi connectivity index (χ3v) is 3.22. The van der Waals surface area contributed by atoms with Gasteiger partial charge in [-0.3, -0.25) is 0 Å². The van der Waals surface area contributed by atoms with Gasteiger partial charge in [0.15, 0.2) is 11.4 Å². The summed E-state index contributed by atoms with van der Waals surface area (Å²) in [5.41, 5.74) is -2.23. The van der Waals surface area contributed by atoms with E-state index in [1.165, 1.54) is 17.9 Å². The van der Waals surface area contributed by atoms with Crippen LogP contribution in [0.4, 0.5) is 4.79 Å². The highest BCUT2D eigenvalue weighted by molar-refractivity contribution is 5.83. The Morgan fingerprint density at radius 1 is 1.41 bits per heavy atom. The molecule has 0 aliphatic heterocycles. The fourth-order valence-electron chi connectivity index (χ4n) is 1.93. The number of nitrogens with one attached hydrogen (secondary N) is 1. The van der Waals surface area contributed by atoms with Crippen LogP contribution in [0.1, 0.15) is 52.3 Å². The lowest BCUT2D eigenvalue weighted by molar-refractivity contribution is -0.144. The summed E-state index contributed by atoms with van der Waals surface area (Å²) in [5.74, 6) is -0.0528. The molecule has 1 amide bonds. The number of carboxylic acid groups (broad SMARTS) is 1. The van der Waals surface area contributed by atoms with Crippen LogP contribution in [0.3, 0.4) is 0 Å². The summed E-state index contributed by atoms with van der Waals surface area (Å²) in [6, 6.07) is 0. The Bertz CT molecular complexity index is 574. The Morgan fingerprint density at radius 2 is 2.05 bits per heavy atom. The second-order valence-electron chi connectivity index (χ2n) is 6.84. The molecule has 0 bridgehead atoms. The lowest BCUT2D eigenvalue weighted by atomic mass is 10.0. The van der Waals surface area contributed by atoms with Crippen LogP contribution in [0.25, 0.3) is 0 Å². The second-order valence-corrected chi connectivity index (χ2v) is 6.84. The predicted molar refractivity (Wildman–Crippen MR) is 77.4 cm³/mol. The highest BCUT2D eigenvalue weighted by atomic mass is 16.6. The number of carbonyl (C=O) groups excluding carboxylic acids is 1. The van der Waals surface area contributed by atoms with Crippen LogP contribution in [0.5, 0.6) is 0 Å². The van der Waals surface area contributed by atoms with Gasteiger partial charge in [-0.15, -0.1) is 0 Å². The topological polar surface area (TPSA) is 106 Å². The van der Waals surface area contributed by atoms with Crippen LogP contribution in [0, 0.1) is 0 Å². The van der Waals surface area contributed by atoms with Crippen molar-refractivity contribution in [3.8, 4) is 0 Å². The minimum absolute atomic E-state index is 0.0265. The van der Waals surface area contributed by atoms with Crippen molar-refractivity contribution in [3.05, 3.63) is 12.2 Å². The maximum atomic E-state index is 11.9. The van der Waals surface area contributed by atoms with Gasteiger partial charge in [-0.25, -0.2) is 19.3 Å². The van der Waals surface area contributed by atoms with E-state index in [-0.39, 0.29) is 6.54 Å². The monoisotopic (exact) mass is 310 g/mol. The molecule has 1 fully saturated rings. The standard InChI is InChI=1S/C14H22N4O4/c1-13(2,3)22-12(21)16-14(4,11(19)20)7-18-8-15-10(17-18)9-5-6-9/h8-9H,5-7H2,1-4H3,(H,16,21)(H,19,20). The molecule has 1 heterocycles. The number of carbonyl (C=O) groups is 2. The van der Waals surface area contributed by atoms with Crippen molar-refractivity contribution < 1.29 is 19.4 Å². The first-order valence-corrected chi connectivity index (χ1v) is 7.23. The Labute approximate surface area is 128 Å². The molecule has 0 saturated heterocycles. The summed E-state index contributed by atoms with van der Waals surface area (Å²) in [6.07, 6.45) is 2.85. The summed E-state index contributed by atoms with van der Waals surface area (Å²) in [6.45, 7) is 6.52. The molecule has 122 valence electrons. The van der Waals surface area contributed by atoms with Gasteiger partial charge in [0.05, 0.1) is 6.54 Å². The Morgan fingerprint density at radius 3 is 2.55 bits per heavy atom. The fraction of sp³-hybridized carbons (Fsp3) is 0.714. The molecule has 1 unspecified atom stereocenters. The minimum Gasteiger partial charge on any atom is -0.479 e. The predicted octanol–water partition coefficient (Wildman–Crippen LogP) is 1.52. The van der Waals surface area contributed by atoms with E-state index in [1.807, 2.05) is 0 Å². The molecule has 1 saturated carbocycles. The van der Waals surface area contributed by atoms with Crippen molar-refractivity contribution in [2.24, 2.45) is 0 Å². The molecule has 1 aromatic heterocycles. The summed E-state index contributed by atoms with van der Waals surface area (Å²) in [7, 11) is 0. The molecule has 1 atom stereocenters. The van der Waals surface area contributed by atoms with E-state index in [0.29, 0.717) is 5.92 Å². The molecular formula is C14H22N4O4. The van der Waals surface area contributed by atoms with E-state index in [0.717, 1.165) is 18.7 Å². The van der Waals surface area contributed by atoms with E-state index in [4.69, 9.17) is 4.74 Å². The zero-order valence-corrected chi connectivity index (χ0v) is 13.3. The minimum atomic E-state index is -1.53. The molecule has 1 aliphatic carbocycles. The molecule has 0 spiro atoms. The number of carboxylic acids is 1. The number of rotatable bonds is 5. The molecular weight excluding hydrogens is 288 g/mol. The number of hydrogen-bond acceptors (Lipinski definition) is 5. The first-order chi connectivity index (χ1) is 10.1. The molecule has 2 rings (SSSR count). The lowest BCUT2D eigenvalue weighted by Gasteiger charge is -2.28. The average molecular weight is 310 g/mol. The highest BCUT2D eigenvalue weighted by Crippen LogP contribution is 2.37. The first-order valence-electron chi connectivity index (χ1n) is 7.23. The maximum Gasteiger partial charge on any atom is 0.408 e. The highest BCUT2D eigenvalue weighted by Gasteiger charge is 2.38. The summed E-state index contributed by atoms with van der Waals surface area (Å²) in [5, 5.41) is 16.1. The number of nitrogens with zero attached hydrogens (tertiary/aromatic N) is 3. The summed E-state index contributed by atoms with van der Waals surface area (Å²) >= 11 is 0. The van der Waals surface area contributed by atoms with Gasteiger partial charge in [-0.2, -0.15) is 5.10 Å². The van der Waals surface area contributed by atoms with Gasteiger partial charge in [0.2, 0.25) is 0 Å². The van der Waals surface area contributed by atoms with Crippen molar-refractivity contribution in [3.63, 3.8) is 0 Å². The van der Waals surface area contributed by atoms with E-state index in [1.54, 1.807) is 20.8 Å². The maximum absolute atomic E-state index is 11.9. The lowest BCUT2D eigenvalue weighted by Crippen LogP contribution is -2.56. The number of aliphatic carboxylic acids is 1. The van der Waals surface area contributed by atoms with Crippen LogP contribution < -0.4 is 5.32 Å². The van der Waals surface area contributed by atoms with Crippen molar-refractivity contribution in [2.45, 2.75) is 64.1 Å². The smallest absolute Gasteiger partial charge is 0.408 e. The third kappa shape index (κ3) is 4.19. The van der Waals surface area contributed by atoms with Gasteiger partial charge in [-0.05, 0) is 40.5 Å². The summed E-state index contributed by atoms with van der Waals surface area (Å²) in [4.78, 5) is 27.6. The van der Waals surface area contributed by atoms with E-state index >= 15 is 0 Å². The van der Waals surface area contributed by atoms with Crippen LogP contribution >= 0.6 is 0 Å². The van der Waals surface area contributed by atoms with Gasteiger partial charge in [0, 0.05) is 5.92 Å². The quantitative estimate of drug-likeness (QED) is 0.854. The number of hydrogen-bond donors (Lipinski definition) is 2. The number of aromatic nitrogens is 3. The molecule has 0 aromatic carbocycles. The van der Waals surface area contributed by atoms with Crippen LogP contribution in [-0.2, 0) is 16.1 Å². The number of alkyl carbamates (subject to hydrolysis) is 1. The summed E-state index contributed by atoms with van der Waals surface area (Å²) < 4.78 is 6.56. The molecule has 0 radical (unpaired) electrons. The zero-order chi connectivity index (χ0) is 16.5. The van der Waals surface area contributed by atoms with Crippen LogP contribution in [0.2, 0.25) is 0 Å². The Kier molecular flexibility index (Phi) is 4.12. The van der Waals surface area contributed by atoms with E-state index in [2.05, 4.69) is 15.4 Å². The van der Waals surface area contributed by atoms with Crippen molar-refractivity contribution >= 4 is 12.1 Å². The third-order valence-electron chi connectivity index (χ3n) is 3.22. The molecule has 22 heavy (non-hydrogen) atoms. The SMILES string of the molecule is CC(C)(C)OC(=O)NC(C)(Cn1cnc(C2CC2)n1)C(=O)O. The van der Waals surface area contributed by atoms with Crippen molar-refractivity contribution in [1.29, 1.82) is 0 Å². The molecule has 1 aromatic rings. The van der Waals surface area contributed by atoms with Crippen LogP contribution in [0.15, 0.2) is 6.33 Å². The van der Waals surface area contributed by atoms with Crippen molar-refractivity contribution in [1.82, 2.24) is 20.1 Å². The van der Waals surface area contributed by atoms with Gasteiger partial charge < -0.3 is 15.2 Å². The molecule has 1 aliphatic rings. The van der Waals surface area contributed by atoms with E-state index in [9.17, 15) is 14.7 Å². The fourth-order valence-corrected chi connectivity index (χ4v) is 1.93. The molecule has 2 N–H and O–H groups in total. The zero-order valence-electron chi connectivity index (χ0n) is 13.3. The van der Waals surface area contributed by atoms with E-state index < -0.39 is 23.2 Å². The van der Waals surface area contributed by atoms with Crippen molar-refractivity contribution in [2.75, 3.05) is 0 Å². The Hall–Kier alpha value is -2.12. The number of ether oxygens (including phenoxy) is 1. The van der Waals surface area contributed by atoms with Gasteiger partial charge in [0.25, 0.3) is 0 Å². The van der Waals surface area contributed by atoms with Gasteiger partial charge in [0.1, 0.15) is 11.9 Å². The van der Waals surface area contributed by atoms with Gasteiger partial charge >= 0.3 is 12.1 Å².